The van der Waals surface area contributed by atoms with Crippen LogP contribution >= 0.6 is 15.9 Å². The molecular weight excluding hydrogens is 488 g/mol. The van der Waals surface area contributed by atoms with Crippen LogP contribution in [-0.2, 0) is 17.6 Å². The molecular formula is C26H23BrO6. The number of Topliss-reactive ketones (excluding diaryl/α,β-unsaturated/α-hetero) is 2. The average molecular weight is 511 g/mol. The molecule has 0 N–H and O–H groups in total. The van der Waals surface area contributed by atoms with Gasteiger partial charge in [0.05, 0.1) is 26.9 Å². The van der Waals surface area contributed by atoms with Gasteiger partial charge in [0.1, 0.15) is 11.5 Å². The van der Waals surface area contributed by atoms with Crippen molar-refractivity contribution in [1.82, 2.24) is 0 Å². The van der Waals surface area contributed by atoms with Crippen LogP contribution in [0.4, 0.5) is 0 Å². The van der Waals surface area contributed by atoms with E-state index in [0.717, 1.165) is 11.1 Å². The smallest absolute Gasteiger partial charge is 0.337 e. The Morgan fingerprint density at radius 1 is 0.667 bits per heavy atom. The Labute approximate surface area is 200 Å². The molecule has 0 amide bonds. The number of rotatable bonds is 9. The van der Waals surface area contributed by atoms with Gasteiger partial charge in [-0.15, -0.1) is 0 Å². The maximum absolute atomic E-state index is 13.0. The van der Waals surface area contributed by atoms with Crippen LogP contribution in [0.2, 0.25) is 0 Å². The van der Waals surface area contributed by atoms with E-state index in [1.54, 1.807) is 30.3 Å². The third-order valence-electron chi connectivity index (χ3n) is 5.12. The third kappa shape index (κ3) is 6.08. The summed E-state index contributed by atoms with van der Waals surface area (Å²) in [6.45, 7) is 0. The zero-order valence-electron chi connectivity index (χ0n) is 18.5. The zero-order chi connectivity index (χ0) is 24.0. The van der Waals surface area contributed by atoms with Crippen molar-refractivity contribution in [2.75, 3.05) is 21.3 Å². The summed E-state index contributed by atoms with van der Waals surface area (Å²) in [6, 6.07) is 17.1. The number of ketones is 2. The molecule has 33 heavy (non-hydrogen) atoms. The summed E-state index contributed by atoms with van der Waals surface area (Å²) >= 11 is 3.44. The number of hydrogen-bond donors (Lipinski definition) is 0. The van der Waals surface area contributed by atoms with Gasteiger partial charge < -0.3 is 14.2 Å². The molecule has 0 aliphatic carbocycles. The highest BCUT2D eigenvalue weighted by atomic mass is 79.9. The number of halogens is 1. The number of benzene rings is 3. The number of hydrogen-bond acceptors (Lipinski definition) is 6. The maximum Gasteiger partial charge on any atom is 0.337 e. The van der Waals surface area contributed by atoms with Crippen molar-refractivity contribution in [2.45, 2.75) is 12.8 Å². The highest BCUT2D eigenvalue weighted by Crippen LogP contribution is 2.25. The Kier molecular flexibility index (Phi) is 8.01. The number of esters is 1. The van der Waals surface area contributed by atoms with Gasteiger partial charge >= 0.3 is 5.97 Å². The molecule has 7 heteroatoms. The molecule has 0 fully saturated rings. The van der Waals surface area contributed by atoms with Crippen LogP contribution < -0.4 is 9.47 Å². The SMILES string of the molecule is COC(=O)c1ccc(CCc2cc(Br)cc(C(=O)C(=O)c3cc(OC)cc(OC)c3)c2)cc1. The predicted molar refractivity (Wildman–Crippen MR) is 128 cm³/mol. The zero-order valence-corrected chi connectivity index (χ0v) is 20.1. The number of carbonyl (C=O) groups is 3. The van der Waals surface area contributed by atoms with Crippen LogP contribution in [-0.4, -0.2) is 38.9 Å². The summed E-state index contributed by atoms with van der Waals surface area (Å²) in [7, 11) is 4.31. The molecule has 3 aromatic carbocycles. The van der Waals surface area contributed by atoms with Crippen molar-refractivity contribution in [3.05, 3.63) is 93.0 Å². The summed E-state index contributed by atoms with van der Waals surface area (Å²) in [5.74, 6) is -0.780. The number of ether oxygens (including phenoxy) is 3. The number of aryl methyl sites for hydroxylation is 2. The standard InChI is InChI=1S/C26H23BrO6/c1-31-22-13-20(14-23(15-22)32-2)25(29)24(28)19-10-17(11-21(27)12-19)5-4-16-6-8-18(9-7-16)26(30)33-3/h6-15H,4-5H2,1-3H3. The van der Waals surface area contributed by atoms with Crippen molar-refractivity contribution in [3.8, 4) is 11.5 Å². The van der Waals surface area contributed by atoms with E-state index < -0.39 is 11.6 Å². The summed E-state index contributed by atoms with van der Waals surface area (Å²) in [6.07, 6.45) is 1.35. The van der Waals surface area contributed by atoms with E-state index in [9.17, 15) is 14.4 Å². The van der Waals surface area contributed by atoms with E-state index in [2.05, 4.69) is 15.9 Å². The van der Waals surface area contributed by atoms with Crippen molar-refractivity contribution in [1.29, 1.82) is 0 Å². The van der Waals surface area contributed by atoms with Gasteiger partial charge in [-0.05, 0) is 66.4 Å². The Balaban J connectivity index is 1.77. The monoisotopic (exact) mass is 510 g/mol. The summed E-state index contributed by atoms with van der Waals surface area (Å²) in [4.78, 5) is 37.4. The second-order valence-electron chi connectivity index (χ2n) is 7.30. The molecule has 0 bridgehead atoms. The van der Waals surface area contributed by atoms with E-state index in [1.165, 1.54) is 33.5 Å². The van der Waals surface area contributed by atoms with Crippen LogP contribution in [0.25, 0.3) is 0 Å². The van der Waals surface area contributed by atoms with Crippen LogP contribution in [0, 0.1) is 0 Å². The fourth-order valence-electron chi connectivity index (χ4n) is 3.34. The Bertz CT molecular complexity index is 1160. The fraction of sp³-hybridized carbons (Fsp3) is 0.192. The Morgan fingerprint density at radius 2 is 1.21 bits per heavy atom. The second kappa shape index (κ2) is 10.9. The van der Waals surface area contributed by atoms with Crippen molar-refractivity contribution in [3.63, 3.8) is 0 Å². The first-order valence-corrected chi connectivity index (χ1v) is 10.9. The van der Waals surface area contributed by atoms with E-state index >= 15 is 0 Å². The van der Waals surface area contributed by atoms with E-state index in [4.69, 9.17) is 14.2 Å². The normalized spacial score (nSPS) is 10.4. The minimum atomic E-state index is -0.644. The molecule has 0 unspecified atom stereocenters. The lowest BCUT2D eigenvalue weighted by molar-refractivity contribution is 0.0600. The maximum atomic E-state index is 13.0. The van der Waals surface area contributed by atoms with Crippen molar-refractivity contribution < 1.29 is 28.6 Å². The van der Waals surface area contributed by atoms with Crippen LogP contribution in [0.1, 0.15) is 42.2 Å². The number of carbonyl (C=O) groups excluding carboxylic acids is 3. The molecule has 0 atom stereocenters. The van der Waals surface area contributed by atoms with Crippen LogP contribution in [0.15, 0.2) is 65.1 Å². The van der Waals surface area contributed by atoms with Crippen molar-refractivity contribution in [2.24, 2.45) is 0 Å². The largest absolute Gasteiger partial charge is 0.497 e. The number of methoxy groups -OCH3 is 3. The van der Waals surface area contributed by atoms with E-state index in [-0.39, 0.29) is 11.5 Å². The first-order valence-electron chi connectivity index (χ1n) is 10.1. The third-order valence-corrected chi connectivity index (χ3v) is 5.57. The molecule has 0 spiro atoms. The average Bonchev–Trinajstić information content (AvgIpc) is 2.85. The molecule has 6 nitrogen and oxygen atoms in total. The quantitative estimate of drug-likeness (QED) is 0.226. The van der Waals surface area contributed by atoms with Gasteiger partial charge in [-0.25, -0.2) is 4.79 Å². The topological polar surface area (TPSA) is 78.9 Å². The van der Waals surface area contributed by atoms with Gasteiger partial charge in [-0.3, -0.25) is 9.59 Å². The molecule has 170 valence electrons. The molecule has 0 heterocycles. The Morgan fingerprint density at radius 3 is 1.76 bits per heavy atom. The highest BCUT2D eigenvalue weighted by Gasteiger charge is 2.21. The molecule has 0 saturated carbocycles. The van der Waals surface area contributed by atoms with Gasteiger partial charge in [0.2, 0.25) is 11.6 Å². The summed E-state index contributed by atoms with van der Waals surface area (Å²) in [5, 5.41) is 0. The van der Waals surface area contributed by atoms with Gasteiger partial charge in [-0.1, -0.05) is 28.1 Å². The molecule has 0 aromatic heterocycles. The first kappa shape index (κ1) is 24.2. The summed E-state index contributed by atoms with van der Waals surface area (Å²) in [5.41, 5.74) is 2.93. The van der Waals surface area contributed by atoms with Gasteiger partial charge in [0.25, 0.3) is 0 Å². The molecule has 3 rings (SSSR count). The summed E-state index contributed by atoms with van der Waals surface area (Å²) < 4.78 is 15.8. The van der Waals surface area contributed by atoms with Gasteiger partial charge in [0.15, 0.2) is 0 Å². The van der Waals surface area contributed by atoms with Crippen LogP contribution in [0.3, 0.4) is 0 Å². The van der Waals surface area contributed by atoms with Crippen LogP contribution in [0.5, 0.6) is 11.5 Å². The molecule has 0 aliphatic rings. The van der Waals surface area contributed by atoms with Gasteiger partial charge in [-0.2, -0.15) is 0 Å². The molecule has 3 aromatic rings. The predicted octanol–water partition coefficient (Wildman–Crippen LogP) is 5.10. The lowest BCUT2D eigenvalue weighted by Crippen LogP contribution is -2.15. The van der Waals surface area contributed by atoms with Gasteiger partial charge in [0, 0.05) is 21.7 Å². The lowest BCUT2D eigenvalue weighted by atomic mass is 9.97. The highest BCUT2D eigenvalue weighted by molar-refractivity contribution is 9.10. The minimum Gasteiger partial charge on any atom is -0.497 e. The minimum absolute atomic E-state index is 0.198. The Hall–Kier alpha value is -3.45. The van der Waals surface area contributed by atoms with Crippen molar-refractivity contribution >= 4 is 33.5 Å². The van der Waals surface area contributed by atoms with E-state index in [0.29, 0.717) is 39.9 Å². The molecule has 0 saturated heterocycles. The van der Waals surface area contributed by atoms with E-state index in [1.807, 2.05) is 18.2 Å². The molecule has 0 radical (unpaired) electrons. The molecule has 0 aliphatic heterocycles. The fourth-order valence-corrected chi connectivity index (χ4v) is 3.88. The second-order valence-corrected chi connectivity index (χ2v) is 8.21. The lowest BCUT2D eigenvalue weighted by Gasteiger charge is -2.09. The first-order chi connectivity index (χ1) is 15.8.